The van der Waals surface area contributed by atoms with Gasteiger partial charge in [0.05, 0.1) is 16.1 Å². The second kappa shape index (κ2) is 3.97. The van der Waals surface area contributed by atoms with E-state index in [1.807, 2.05) is 25.2 Å². The van der Waals surface area contributed by atoms with Crippen molar-refractivity contribution in [3.8, 4) is 0 Å². The van der Waals surface area contributed by atoms with Crippen LogP contribution in [0.5, 0.6) is 0 Å². The number of nitrogens with zero attached hydrogens (tertiary/aromatic N) is 2. The van der Waals surface area contributed by atoms with Crippen molar-refractivity contribution < 1.29 is 0 Å². The highest BCUT2D eigenvalue weighted by Crippen LogP contribution is 2.40. The fourth-order valence-corrected chi connectivity index (χ4v) is 3.50. The second-order valence-electron chi connectivity index (χ2n) is 5.52. The van der Waals surface area contributed by atoms with Crippen molar-refractivity contribution in [2.24, 2.45) is 12.8 Å². The molecule has 0 radical (unpaired) electrons. The van der Waals surface area contributed by atoms with Crippen LogP contribution in [0.4, 0.5) is 0 Å². The van der Waals surface area contributed by atoms with Gasteiger partial charge in [-0.05, 0) is 25.0 Å². The van der Waals surface area contributed by atoms with Crippen LogP contribution >= 0.6 is 11.6 Å². The van der Waals surface area contributed by atoms with E-state index in [-0.39, 0.29) is 11.5 Å². The van der Waals surface area contributed by atoms with Crippen LogP contribution in [0.3, 0.4) is 0 Å². The zero-order chi connectivity index (χ0) is 12.9. The molecule has 2 unspecified atom stereocenters. The van der Waals surface area contributed by atoms with E-state index in [1.165, 1.54) is 6.42 Å². The predicted molar refractivity (Wildman–Crippen MR) is 74.9 cm³/mol. The highest BCUT2D eigenvalue weighted by atomic mass is 35.5. The summed E-state index contributed by atoms with van der Waals surface area (Å²) in [4.78, 5) is 4.78. The first kappa shape index (κ1) is 12.0. The Kier molecular flexibility index (Phi) is 2.65. The molecule has 1 aromatic carbocycles. The first-order chi connectivity index (χ1) is 8.54. The van der Waals surface area contributed by atoms with Crippen LogP contribution in [-0.4, -0.2) is 15.6 Å². The molecule has 0 spiro atoms. The molecular formula is C14H18ClN3. The quantitative estimate of drug-likeness (QED) is 0.860. The van der Waals surface area contributed by atoms with Crippen molar-refractivity contribution in [3.63, 3.8) is 0 Å². The first-order valence-electron chi connectivity index (χ1n) is 6.41. The summed E-state index contributed by atoms with van der Waals surface area (Å²) in [6.45, 7) is 2.22. The largest absolute Gasteiger partial charge is 0.329 e. The molecular weight excluding hydrogens is 246 g/mol. The van der Waals surface area contributed by atoms with Gasteiger partial charge < -0.3 is 10.3 Å². The van der Waals surface area contributed by atoms with Crippen molar-refractivity contribution >= 4 is 22.6 Å². The van der Waals surface area contributed by atoms with E-state index >= 15 is 0 Å². The number of nitrogens with two attached hydrogens (primary N) is 1. The average Bonchev–Trinajstić information content (AvgIpc) is 2.84. The van der Waals surface area contributed by atoms with Gasteiger partial charge in [0.25, 0.3) is 0 Å². The first-order valence-corrected chi connectivity index (χ1v) is 6.79. The zero-order valence-corrected chi connectivity index (χ0v) is 11.5. The Morgan fingerprint density at radius 1 is 1.50 bits per heavy atom. The van der Waals surface area contributed by atoms with Gasteiger partial charge in [0.1, 0.15) is 5.82 Å². The molecule has 2 aromatic rings. The fraction of sp³-hybridized carbons (Fsp3) is 0.500. The van der Waals surface area contributed by atoms with Crippen LogP contribution in [0.2, 0.25) is 5.02 Å². The molecule has 1 aliphatic rings. The van der Waals surface area contributed by atoms with Crippen LogP contribution in [0, 0.1) is 0 Å². The third-order valence-corrected chi connectivity index (χ3v) is 4.69. The Hall–Kier alpha value is -1.06. The molecule has 0 saturated heterocycles. The Balaban J connectivity index is 2.25. The fourth-order valence-electron chi connectivity index (χ4n) is 3.20. The van der Waals surface area contributed by atoms with Gasteiger partial charge in [-0.1, -0.05) is 31.0 Å². The highest BCUT2D eigenvalue weighted by Gasteiger charge is 2.41. The molecule has 18 heavy (non-hydrogen) atoms. The number of imidazole rings is 1. The van der Waals surface area contributed by atoms with Gasteiger partial charge in [-0.2, -0.15) is 0 Å². The lowest BCUT2D eigenvalue weighted by molar-refractivity contribution is 0.395. The minimum Gasteiger partial charge on any atom is -0.329 e. The summed E-state index contributed by atoms with van der Waals surface area (Å²) in [5, 5.41) is 0.754. The van der Waals surface area contributed by atoms with E-state index in [0.717, 1.165) is 34.7 Å². The molecule has 3 rings (SSSR count). The second-order valence-corrected chi connectivity index (χ2v) is 5.93. The molecule has 4 heteroatoms. The molecule has 2 atom stereocenters. The van der Waals surface area contributed by atoms with Crippen LogP contribution in [-0.2, 0) is 12.5 Å². The summed E-state index contributed by atoms with van der Waals surface area (Å²) < 4.78 is 2.11. The van der Waals surface area contributed by atoms with E-state index in [4.69, 9.17) is 22.3 Å². The lowest BCUT2D eigenvalue weighted by Gasteiger charge is -2.28. The van der Waals surface area contributed by atoms with Crippen LogP contribution in [0.25, 0.3) is 11.0 Å². The maximum atomic E-state index is 6.29. The molecule has 1 fully saturated rings. The molecule has 0 aliphatic heterocycles. The molecule has 0 bridgehead atoms. The zero-order valence-electron chi connectivity index (χ0n) is 10.8. The number of benzene rings is 1. The summed E-state index contributed by atoms with van der Waals surface area (Å²) in [7, 11) is 2.03. The SMILES string of the molecule is Cn1c(C2(C)CCCC2N)nc2cccc(Cl)c21. The predicted octanol–water partition coefficient (Wildman–Crippen LogP) is 3.00. The third-order valence-electron chi connectivity index (χ3n) is 4.39. The molecule has 1 aromatic heterocycles. The van der Waals surface area contributed by atoms with Gasteiger partial charge in [0.2, 0.25) is 0 Å². The number of hydrogen-bond acceptors (Lipinski definition) is 2. The average molecular weight is 264 g/mol. The van der Waals surface area contributed by atoms with Gasteiger partial charge in [-0.15, -0.1) is 0 Å². The number of aromatic nitrogens is 2. The van der Waals surface area contributed by atoms with Crippen molar-refractivity contribution in [3.05, 3.63) is 29.0 Å². The molecule has 2 N–H and O–H groups in total. The number of aryl methyl sites for hydroxylation is 1. The number of rotatable bonds is 1. The van der Waals surface area contributed by atoms with Gasteiger partial charge in [0.15, 0.2) is 0 Å². The molecule has 3 nitrogen and oxygen atoms in total. The lowest BCUT2D eigenvalue weighted by Crippen LogP contribution is -2.40. The van der Waals surface area contributed by atoms with Gasteiger partial charge >= 0.3 is 0 Å². The monoisotopic (exact) mass is 263 g/mol. The maximum Gasteiger partial charge on any atom is 0.117 e. The summed E-state index contributed by atoms with van der Waals surface area (Å²) >= 11 is 6.27. The maximum absolute atomic E-state index is 6.29. The summed E-state index contributed by atoms with van der Waals surface area (Å²) in [5.41, 5.74) is 8.22. The van der Waals surface area contributed by atoms with Crippen molar-refractivity contribution in [1.29, 1.82) is 0 Å². The minimum absolute atomic E-state index is 0.0307. The van der Waals surface area contributed by atoms with E-state index in [0.29, 0.717) is 0 Å². The smallest absolute Gasteiger partial charge is 0.117 e. The van der Waals surface area contributed by atoms with Gasteiger partial charge in [-0.3, -0.25) is 0 Å². The van der Waals surface area contributed by atoms with Crippen LogP contribution in [0.15, 0.2) is 18.2 Å². The van der Waals surface area contributed by atoms with Crippen molar-refractivity contribution in [1.82, 2.24) is 9.55 Å². The summed E-state index contributed by atoms with van der Waals surface area (Å²) in [6, 6.07) is 6.05. The normalized spacial score (nSPS) is 28.1. The topological polar surface area (TPSA) is 43.8 Å². The third kappa shape index (κ3) is 1.50. The number of hydrogen-bond donors (Lipinski definition) is 1. The van der Waals surface area contributed by atoms with Crippen molar-refractivity contribution in [2.45, 2.75) is 37.6 Å². The van der Waals surface area contributed by atoms with Crippen molar-refractivity contribution in [2.75, 3.05) is 0 Å². The van der Waals surface area contributed by atoms with Crippen LogP contribution < -0.4 is 5.73 Å². The summed E-state index contributed by atoms with van der Waals surface area (Å²) in [6.07, 6.45) is 3.35. The summed E-state index contributed by atoms with van der Waals surface area (Å²) in [5.74, 6) is 1.07. The van der Waals surface area contributed by atoms with Gasteiger partial charge in [0, 0.05) is 18.5 Å². The number of halogens is 1. The van der Waals surface area contributed by atoms with E-state index in [2.05, 4.69) is 11.5 Å². The standard InChI is InChI=1S/C14H18ClN3/c1-14(8-4-7-11(14)16)13-17-10-6-3-5-9(15)12(10)18(13)2/h3,5-6,11H,4,7-8,16H2,1-2H3. The van der Waals surface area contributed by atoms with Crippen LogP contribution in [0.1, 0.15) is 32.0 Å². The number of para-hydroxylation sites is 1. The molecule has 1 saturated carbocycles. The van der Waals surface area contributed by atoms with E-state index < -0.39 is 0 Å². The molecule has 0 amide bonds. The Morgan fingerprint density at radius 2 is 2.28 bits per heavy atom. The molecule has 1 heterocycles. The van der Waals surface area contributed by atoms with E-state index in [9.17, 15) is 0 Å². The Bertz CT molecular complexity index is 604. The minimum atomic E-state index is -0.0307. The van der Waals surface area contributed by atoms with E-state index in [1.54, 1.807) is 0 Å². The Morgan fingerprint density at radius 3 is 2.89 bits per heavy atom. The van der Waals surface area contributed by atoms with Gasteiger partial charge in [-0.25, -0.2) is 4.98 Å². The Labute approximate surface area is 112 Å². The number of fused-ring (bicyclic) bond motifs is 1. The lowest BCUT2D eigenvalue weighted by atomic mass is 9.84. The molecule has 96 valence electrons. The highest BCUT2D eigenvalue weighted by molar-refractivity contribution is 6.35. The molecule has 1 aliphatic carbocycles.